The zero-order valence-electron chi connectivity index (χ0n) is 10.0. The second-order valence-electron chi connectivity index (χ2n) is 5.18. The van der Waals surface area contributed by atoms with Crippen LogP contribution in [-0.4, -0.2) is 0 Å². The van der Waals surface area contributed by atoms with Crippen LogP contribution in [0.4, 0.5) is 0 Å². The van der Waals surface area contributed by atoms with Gasteiger partial charge in [-0.25, -0.2) is 0 Å². The molecule has 1 aliphatic carbocycles. The summed E-state index contributed by atoms with van der Waals surface area (Å²) >= 11 is 0. The lowest BCUT2D eigenvalue weighted by Gasteiger charge is -2.33. The number of rotatable bonds is 1. The fourth-order valence-electron chi connectivity index (χ4n) is 2.29. The molecule has 80 valence electrons. The van der Waals surface area contributed by atoms with Crippen molar-refractivity contribution in [1.82, 2.24) is 0 Å². The van der Waals surface area contributed by atoms with Crippen LogP contribution in [0.1, 0.15) is 44.2 Å². The molecule has 0 heterocycles. The zero-order chi connectivity index (χ0) is 10.9. The molecule has 0 aliphatic heterocycles. The maximum absolute atomic E-state index is 2.41. The first-order valence-electron chi connectivity index (χ1n) is 5.83. The molecule has 1 aromatic carbocycles. The molecule has 2 rings (SSSR count). The van der Waals surface area contributed by atoms with E-state index in [1.165, 1.54) is 30.4 Å². The Hall–Kier alpha value is -1.04. The molecule has 1 aliphatic rings. The van der Waals surface area contributed by atoms with Crippen molar-refractivity contribution in [2.24, 2.45) is 0 Å². The third kappa shape index (κ3) is 2.14. The monoisotopic (exact) mass is 200 g/mol. The van der Waals surface area contributed by atoms with Gasteiger partial charge in [0.1, 0.15) is 0 Å². The van der Waals surface area contributed by atoms with Gasteiger partial charge in [-0.05, 0) is 44.1 Å². The van der Waals surface area contributed by atoms with Crippen molar-refractivity contribution >= 4 is 0 Å². The van der Waals surface area contributed by atoms with Gasteiger partial charge in [0.2, 0.25) is 0 Å². The van der Waals surface area contributed by atoms with E-state index in [1.807, 2.05) is 0 Å². The van der Waals surface area contributed by atoms with E-state index >= 15 is 0 Å². The fraction of sp³-hybridized carbons (Fsp3) is 0.467. The average Bonchev–Trinajstić information content (AvgIpc) is 2.24. The van der Waals surface area contributed by atoms with Crippen molar-refractivity contribution in [1.29, 1.82) is 0 Å². The quantitative estimate of drug-likeness (QED) is 0.590. The fourth-order valence-corrected chi connectivity index (χ4v) is 2.29. The molecule has 0 N–H and O–H groups in total. The lowest BCUT2D eigenvalue weighted by atomic mass is 9.72. The second kappa shape index (κ2) is 3.84. The molecule has 1 unspecified atom stereocenters. The van der Waals surface area contributed by atoms with Gasteiger partial charge in [-0.15, -0.1) is 0 Å². The van der Waals surface area contributed by atoms with Crippen LogP contribution in [0.5, 0.6) is 0 Å². The SMILES string of the molecule is CC1=CCC(C)(c2ccc(C)cc2)CC1. The van der Waals surface area contributed by atoms with E-state index in [9.17, 15) is 0 Å². The summed E-state index contributed by atoms with van der Waals surface area (Å²) in [6.07, 6.45) is 6.15. The molecule has 0 saturated carbocycles. The highest BCUT2D eigenvalue weighted by atomic mass is 14.3. The molecule has 15 heavy (non-hydrogen) atoms. The molecule has 0 saturated heterocycles. The summed E-state index contributed by atoms with van der Waals surface area (Å²) in [4.78, 5) is 0. The van der Waals surface area contributed by atoms with Gasteiger partial charge >= 0.3 is 0 Å². The molecule has 0 heteroatoms. The first-order chi connectivity index (χ1) is 7.10. The minimum absolute atomic E-state index is 0.368. The average molecular weight is 200 g/mol. The Morgan fingerprint density at radius 2 is 1.73 bits per heavy atom. The lowest BCUT2D eigenvalue weighted by molar-refractivity contribution is 0.419. The molecule has 0 spiro atoms. The zero-order valence-corrected chi connectivity index (χ0v) is 10.0. The van der Waals surface area contributed by atoms with Crippen molar-refractivity contribution in [2.75, 3.05) is 0 Å². The molecule has 1 aromatic rings. The van der Waals surface area contributed by atoms with Gasteiger partial charge < -0.3 is 0 Å². The van der Waals surface area contributed by atoms with Crippen molar-refractivity contribution in [3.63, 3.8) is 0 Å². The minimum Gasteiger partial charge on any atom is -0.0847 e. The Labute approximate surface area is 93.0 Å². The Kier molecular flexibility index (Phi) is 2.68. The maximum atomic E-state index is 2.41. The molecule has 0 nitrogen and oxygen atoms in total. The van der Waals surface area contributed by atoms with Gasteiger partial charge in [0.15, 0.2) is 0 Å². The van der Waals surface area contributed by atoms with Gasteiger partial charge in [-0.3, -0.25) is 0 Å². The number of benzene rings is 1. The lowest BCUT2D eigenvalue weighted by Crippen LogP contribution is -2.23. The summed E-state index contributed by atoms with van der Waals surface area (Å²) in [6, 6.07) is 9.05. The Bertz CT molecular complexity index is 370. The van der Waals surface area contributed by atoms with E-state index in [4.69, 9.17) is 0 Å². The van der Waals surface area contributed by atoms with Gasteiger partial charge in [-0.1, -0.05) is 48.4 Å². The van der Waals surface area contributed by atoms with Gasteiger partial charge in [0.05, 0.1) is 0 Å². The van der Waals surface area contributed by atoms with E-state index in [0.717, 1.165) is 0 Å². The molecular formula is C15H20. The minimum atomic E-state index is 0.368. The topological polar surface area (TPSA) is 0 Å². The highest BCUT2D eigenvalue weighted by molar-refractivity contribution is 5.30. The molecule has 1 atom stereocenters. The van der Waals surface area contributed by atoms with Crippen LogP contribution in [-0.2, 0) is 5.41 Å². The smallest absolute Gasteiger partial charge is 0.00377 e. The molecular weight excluding hydrogens is 180 g/mol. The predicted octanol–water partition coefficient (Wildman–Crippen LogP) is 4.38. The van der Waals surface area contributed by atoms with Gasteiger partial charge in [0, 0.05) is 0 Å². The van der Waals surface area contributed by atoms with Crippen LogP contribution in [0.15, 0.2) is 35.9 Å². The van der Waals surface area contributed by atoms with E-state index in [0.29, 0.717) is 5.41 Å². The van der Waals surface area contributed by atoms with E-state index < -0.39 is 0 Å². The third-order valence-corrected chi connectivity index (χ3v) is 3.72. The predicted molar refractivity (Wildman–Crippen MR) is 66.1 cm³/mol. The Morgan fingerprint density at radius 3 is 2.27 bits per heavy atom. The van der Waals surface area contributed by atoms with Crippen LogP contribution >= 0.6 is 0 Å². The standard InChI is InChI=1S/C15H20/c1-12-4-6-14(7-5-12)15(3)10-8-13(2)9-11-15/h4-8H,9-11H2,1-3H3. The molecule has 0 fully saturated rings. The molecule has 0 amide bonds. The summed E-state index contributed by atoms with van der Waals surface area (Å²) in [5.41, 5.74) is 4.77. The number of hydrogen-bond acceptors (Lipinski definition) is 0. The van der Waals surface area contributed by atoms with E-state index in [1.54, 1.807) is 5.57 Å². The van der Waals surface area contributed by atoms with Crippen molar-refractivity contribution in [3.05, 3.63) is 47.0 Å². The van der Waals surface area contributed by atoms with Gasteiger partial charge in [0.25, 0.3) is 0 Å². The Balaban J connectivity index is 2.27. The summed E-state index contributed by atoms with van der Waals surface area (Å²) in [5.74, 6) is 0. The number of hydrogen-bond donors (Lipinski definition) is 0. The molecule has 0 bridgehead atoms. The molecule has 0 aromatic heterocycles. The largest absolute Gasteiger partial charge is 0.0847 e. The number of allylic oxidation sites excluding steroid dienone is 2. The first kappa shape index (κ1) is 10.5. The normalized spacial score (nSPS) is 26.2. The first-order valence-corrected chi connectivity index (χ1v) is 5.83. The number of aryl methyl sites for hydroxylation is 1. The van der Waals surface area contributed by atoms with Crippen molar-refractivity contribution in [2.45, 2.75) is 45.4 Å². The second-order valence-corrected chi connectivity index (χ2v) is 5.18. The van der Waals surface area contributed by atoms with Crippen molar-refractivity contribution in [3.8, 4) is 0 Å². The Morgan fingerprint density at radius 1 is 1.07 bits per heavy atom. The van der Waals surface area contributed by atoms with Gasteiger partial charge in [-0.2, -0.15) is 0 Å². The van der Waals surface area contributed by atoms with Crippen molar-refractivity contribution < 1.29 is 0 Å². The van der Waals surface area contributed by atoms with Crippen LogP contribution in [0, 0.1) is 6.92 Å². The van der Waals surface area contributed by atoms with Crippen LogP contribution in [0.25, 0.3) is 0 Å². The highest BCUT2D eigenvalue weighted by Crippen LogP contribution is 2.38. The highest BCUT2D eigenvalue weighted by Gasteiger charge is 2.27. The van der Waals surface area contributed by atoms with Crippen LogP contribution in [0.2, 0.25) is 0 Å². The summed E-state index contributed by atoms with van der Waals surface area (Å²) < 4.78 is 0. The third-order valence-electron chi connectivity index (χ3n) is 3.72. The summed E-state index contributed by atoms with van der Waals surface area (Å²) in [6.45, 7) is 6.78. The van der Waals surface area contributed by atoms with E-state index in [-0.39, 0.29) is 0 Å². The molecule has 0 radical (unpaired) electrons. The summed E-state index contributed by atoms with van der Waals surface area (Å²) in [5, 5.41) is 0. The van der Waals surface area contributed by atoms with Crippen LogP contribution < -0.4 is 0 Å². The van der Waals surface area contributed by atoms with E-state index in [2.05, 4.69) is 51.1 Å². The summed E-state index contributed by atoms with van der Waals surface area (Å²) in [7, 11) is 0. The van der Waals surface area contributed by atoms with Crippen LogP contribution in [0.3, 0.4) is 0 Å². The maximum Gasteiger partial charge on any atom is -0.00377 e.